The van der Waals surface area contributed by atoms with E-state index in [9.17, 15) is 9.59 Å². The molecule has 0 saturated heterocycles. The molecule has 0 aromatic heterocycles. The maximum absolute atomic E-state index is 12.4. The van der Waals surface area contributed by atoms with Crippen LogP contribution in [0.2, 0.25) is 0 Å². The van der Waals surface area contributed by atoms with Crippen molar-refractivity contribution in [3.63, 3.8) is 0 Å². The van der Waals surface area contributed by atoms with Gasteiger partial charge >= 0.3 is 6.09 Å². The lowest BCUT2D eigenvalue weighted by Crippen LogP contribution is -2.51. The van der Waals surface area contributed by atoms with Crippen LogP contribution in [-0.4, -0.2) is 30.2 Å². The zero-order valence-corrected chi connectivity index (χ0v) is 15.4. The topological polar surface area (TPSA) is 67.4 Å². The number of benzene rings is 1. The Morgan fingerprint density at radius 1 is 1.17 bits per heavy atom. The molecule has 2 N–H and O–H groups in total. The SMILES string of the molecule is CC[C@H](C)[C@H](NCCc1ccccc1)C(=O)NC(=O)OC(C)(C)C. The minimum atomic E-state index is -0.703. The van der Waals surface area contributed by atoms with Gasteiger partial charge in [-0.1, -0.05) is 50.6 Å². The van der Waals surface area contributed by atoms with Crippen LogP contribution in [-0.2, 0) is 16.0 Å². The third-order valence-corrected chi connectivity index (χ3v) is 3.74. The molecule has 0 aliphatic heterocycles. The molecule has 2 atom stereocenters. The normalized spacial score (nSPS) is 13.9. The van der Waals surface area contributed by atoms with Crippen molar-refractivity contribution >= 4 is 12.0 Å². The largest absolute Gasteiger partial charge is 0.444 e. The van der Waals surface area contributed by atoms with Crippen LogP contribution < -0.4 is 10.6 Å². The number of hydrogen-bond donors (Lipinski definition) is 2. The summed E-state index contributed by atoms with van der Waals surface area (Å²) in [4.78, 5) is 24.2. The van der Waals surface area contributed by atoms with Crippen molar-refractivity contribution in [3.05, 3.63) is 35.9 Å². The summed E-state index contributed by atoms with van der Waals surface area (Å²) in [5.41, 5.74) is 0.581. The van der Waals surface area contributed by atoms with Gasteiger partial charge in [0.1, 0.15) is 5.60 Å². The van der Waals surface area contributed by atoms with Gasteiger partial charge in [-0.25, -0.2) is 4.79 Å². The Kier molecular flexibility index (Phi) is 7.92. The second-order valence-corrected chi connectivity index (χ2v) is 7.04. The molecule has 5 heteroatoms. The van der Waals surface area contributed by atoms with Crippen molar-refractivity contribution < 1.29 is 14.3 Å². The summed E-state index contributed by atoms with van der Waals surface area (Å²) < 4.78 is 5.15. The molecule has 1 aromatic carbocycles. The number of hydrogen-bond acceptors (Lipinski definition) is 4. The van der Waals surface area contributed by atoms with Crippen molar-refractivity contribution in [2.75, 3.05) is 6.54 Å². The number of imide groups is 1. The molecular weight excluding hydrogens is 304 g/mol. The zero-order chi connectivity index (χ0) is 18.2. The molecule has 1 aromatic rings. The molecule has 0 bridgehead atoms. The monoisotopic (exact) mass is 334 g/mol. The Morgan fingerprint density at radius 2 is 1.79 bits per heavy atom. The van der Waals surface area contributed by atoms with E-state index in [0.717, 1.165) is 12.8 Å². The third kappa shape index (κ3) is 7.59. The molecule has 5 nitrogen and oxygen atoms in total. The van der Waals surface area contributed by atoms with Gasteiger partial charge < -0.3 is 10.1 Å². The first kappa shape index (κ1) is 20.2. The first-order valence-corrected chi connectivity index (χ1v) is 8.54. The van der Waals surface area contributed by atoms with E-state index in [0.29, 0.717) is 6.54 Å². The van der Waals surface area contributed by atoms with Crippen LogP contribution in [0.4, 0.5) is 4.79 Å². The maximum atomic E-state index is 12.4. The van der Waals surface area contributed by atoms with E-state index in [4.69, 9.17) is 4.74 Å². The summed E-state index contributed by atoms with van der Waals surface area (Å²) in [7, 11) is 0. The quantitative estimate of drug-likeness (QED) is 0.803. The first-order valence-electron chi connectivity index (χ1n) is 8.54. The predicted molar refractivity (Wildman–Crippen MR) is 95.8 cm³/mol. The van der Waals surface area contributed by atoms with Gasteiger partial charge in [-0.3, -0.25) is 10.1 Å². The predicted octanol–water partition coefficient (Wildman–Crippen LogP) is 3.28. The summed E-state index contributed by atoms with van der Waals surface area (Å²) in [5, 5.41) is 5.60. The van der Waals surface area contributed by atoms with E-state index in [2.05, 4.69) is 22.8 Å². The number of nitrogens with one attached hydrogen (secondary N) is 2. The standard InChI is InChI=1S/C19H30N2O3/c1-6-14(2)16(17(22)21-18(23)24-19(3,4)5)20-13-12-15-10-8-7-9-11-15/h7-11,14,16,20H,6,12-13H2,1-5H3,(H,21,22,23)/t14-,16-/m0/s1. The average Bonchev–Trinajstić information content (AvgIpc) is 2.49. The number of carbonyl (C=O) groups excluding carboxylic acids is 2. The van der Waals surface area contributed by atoms with Crippen molar-refractivity contribution in [2.45, 2.75) is 59.1 Å². The molecule has 0 aliphatic carbocycles. The molecule has 134 valence electrons. The van der Waals surface area contributed by atoms with Gasteiger partial charge in [-0.05, 0) is 45.2 Å². The van der Waals surface area contributed by atoms with Crippen LogP contribution in [0, 0.1) is 5.92 Å². The minimum Gasteiger partial charge on any atom is -0.444 e. The van der Waals surface area contributed by atoms with Crippen LogP contribution in [0.3, 0.4) is 0 Å². The van der Waals surface area contributed by atoms with Gasteiger partial charge in [0.05, 0.1) is 6.04 Å². The fourth-order valence-electron chi connectivity index (χ4n) is 2.29. The molecule has 0 fully saturated rings. The van der Waals surface area contributed by atoms with Crippen LogP contribution in [0.15, 0.2) is 30.3 Å². The Labute approximate surface area is 145 Å². The van der Waals surface area contributed by atoms with Gasteiger partial charge in [0, 0.05) is 0 Å². The van der Waals surface area contributed by atoms with E-state index in [1.54, 1.807) is 20.8 Å². The lowest BCUT2D eigenvalue weighted by atomic mass is 9.98. The first-order chi connectivity index (χ1) is 11.2. The average molecular weight is 334 g/mol. The van der Waals surface area contributed by atoms with Gasteiger partial charge in [0.25, 0.3) is 0 Å². The fraction of sp³-hybridized carbons (Fsp3) is 0.579. The molecule has 0 unspecified atom stereocenters. The fourth-order valence-corrected chi connectivity index (χ4v) is 2.29. The Morgan fingerprint density at radius 3 is 2.33 bits per heavy atom. The molecule has 0 saturated carbocycles. The maximum Gasteiger partial charge on any atom is 0.414 e. The summed E-state index contributed by atoms with van der Waals surface area (Å²) in [5.74, 6) is -0.227. The number of rotatable bonds is 7. The van der Waals surface area contributed by atoms with E-state index < -0.39 is 17.7 Å². The smallest absolute Gasteiger partial charge is 0.414 e. The van der Waals surface area contributed by atoms with Gasteiger partial charge in [0.2, 0.25) is 5.91 Å². The third-order valence-electron chi connectivity index (χ3n) is 3.74. The summed E-state index contributed by atoms with van der Waals surface area (Å²) >= 11 is 0. The molecular formula is C19H30N2O3. The molecule has 24 heavy (non-hydrogen) atoms. The number of carbonyl (C=O) groups is 2. The van der Waals surface area contributed by atoms with Crippen molar-refractivity contribution in [1.82, 2.24) is 10.6 Å². The highest BCUT2D eigenvalue weighted by atomic mass is 16.6. The number of ether oxygens (including phenoxy) is 1. The Bertz CT molecular complexity index is 523. The molecule has 0 aliphatic rings. The van der Waals surface area contributed by atoms with Gasteiger partial charge in [-0.2, -0.15) is 0 Å². The molecule has 0 spiro atoms. The van der Waals surface area contributed by atoms with Crippen LogP contribution in [0.5, 0.6) is 0 Å². The number of alkyl carbamates (subject to hydrolysis) is 1. The van der Waals surface area contributed by atoms with Gasteiger partial charge in [-0.15, -0.1) is 0 Å². The van der Waals surface area contributed by atoms with E-state index >= 15 is 0 Å². The highest BCUT2D eigenvalue weighted by molar-refractivity contribution is 5.95. The zero-order valence-electron chi connectivity index (χ0n) is 15.4. The number of amides is 2. The summed E-state index contributed by atoms with van der Waals surface area (Å²) in [6.07, 6.45) is 0.962. The lowest BCUT2D eigenvalue weighted by Gasteiger charge is -2.25. The van der Waals surface area contributed by atoms with Crippen LogP contribution in [0.1, 0.15) is 46.6 Å². The van der Waals surface area contributed by atoms with Crippen LogP contribution >= 0.6 is 0 Å². The second kappa shape index (κ2) is 9.42. The highest BCUT2D eigenvalue weighted by Crippen LogP contribution is 2.10. The van der Waals surface area contributed by atoms with E-state index in [-0.39, 0.29) is 11.8 Å². The minimum absolute atomic E-state index is 0.114. The van der Waals surface area contributed by atoms with E-state index in [1.807, 2.05) is 32.0 Å². The highest BCUT2D eigenvalue weighted by Gasteiger charge is 2.26. The second-order valence-electron chi connectivity index (χ2n) is 7.04. The molecule has 2 amide bonds. The molecule has 1 rings (SSSR count). The van der Waals surface area contributed by atoms with Crippen LogP contribution in [0.25, 0.3) is 0 Å². The molecule has 0 heterocycles. The van der Waals surface area contributed by atoms with Crippen molar-refractivity contribution in [3.8, 4) is 0 Å². The Hall–Kier alpha value is -1.88. The van der Waals surface area contributed by atoms with Crippen molar-refractivity contribution in [2.24, 2.45) is 5.92 Å². The van der Waals surface area contributed by atoms with E-state index in [1.165, 1.54) is 5.56 Å². The molecule has 0 radical (unpaired) electrons. The lowest BCUT2D eigenvalue weighted by molar-refractivity contribution is -0.124. The van der Waals surface area contributed by atoms with Gasteiger partial charge in [0.15, 0.2) is 0 Å². The summed E-state index contributed by atoms with van der Waals surface area (Å²) in [6, 6.07) is 9.66. The Balaban J connectivity index is 2.57. The summed E-state index contributed by atoms with van der Waals surface area (Å²) in [6.45, 7) is 9.98. The van der Waals surface area contributed by atoms with Crippen molar-refractivity contribution in [1.29, 1.82) is 0 Å².